The van der Waals surface area contributed by atoms with Gasteiger partial charge in [0, 0.05) is 31.3 Å². The molecule has 2 fully saturated rings. The molecule has 2 aliphatic rings. The number of amides is 1. The van der Waals surface area contributed by atoms with Crippen LogP contribution in [-0.4, -0.2) is 57.4 Å². The number of benzene rings is 1. The molecule has 4 rings (SSSR count). The Bertz CT molecular complexity index is 1020. The van der Waals surface area contributed by atoms with Crippen molar-refractivity contribution in [1.29, 1.82) is 0 Å². The second-order valence-electron chi connectivity index (χ2n) is 7.93. The van der Waals surface area contributed by atoms with Gasteiger partial charge in [-0.2, -0.15) is 4.31 Å². The van der Waals surface area contributed by atoms with Crippen molar-refractivity contribution in [2.45, 2.75) is 35.9 Å². The van der Waals surface area contributed by atoms with Gasteiger partial charge in [0.15, 0.2) is 0 Å². The Hall–Kier alpha value is -2.10. The van der Waals surface area contributed by atoms with Gasteiger partial charge in [-0.15, -0.1) is 11.3 Å². The molecule has 3 heterocycles. The molecule has 1 aromatic heterocycles. The predicted molar refractivity (Wildman–Crippen MR) is 119 cm³/mol. The minimum absolute atomic E-state index is 0.0338. The van der Waals surface area contributed by atoms with Crippen LogP contribution in [0.5, 0.6) is 11.5 Å². The van der Waals surface area contributed by atoms with E-state index in [-0.39, 0.29) is 24.4 Å². The summed E-state index contributed by atoms with van der Waals surface area (Å²) in [5.74, 6) is 1.12. The number of carbonyl (C=O) groups is 1. The van der Waals surface area contributed by atoms with E-state index in [1.807, 2.05) is 23.1 Å². The van der Waals surface area contributed by atoms with Crippen molar-refractivity contribution in [3.8, 4) is 11.5 Å². The number of ether oxygens (including phenoxy) is 2. The highest BCUT2D eigenvalue weighted by Gasteiger charge is 2.39. The van der Waals surface area contributed by atoms with Crippen LogP contribution in [0.2, 0.25) is 0 Å². The molecular weight excluding hydrogens is 436 g/mol. The van der Waals surface area contributed by atoms with Crippen LogP contribution in [0.3, 0.4) is 0 Å². The zero-order valence-corrected chi connectivity index (χ0v) is 19.5. The van der Waals surface area contributed by atoms with Crippen molar-refractivity contribution >= 4 is 27.3 Å². The number of rotatable bonds is 6. The van der Waals surface area contributed by atoms with Crippen LogP contribution in [-0.2, 0) is 14.8 Å². The van der Waals surface area contributed by atoms with Crippen LogP contribution in [0, 0.1) is 5.92 Å². The predicted octanol–water partition coefficient (Wildman–Crippen LogP) is 3.53. The highest BCUT2D eigenvalue weighted by Crippen LogP contribution is 2.40. The molecule has 0 unspecified atom stereocenters. The molecule has 0 aliphatic carbocycles. The van der Waals surface area contributed by atoms with Crippen molar-refractivity contribution < 1.29 is 22.7 Å². The summed E-state index contributed by atoms with van der Waals surface area (Å²) in [7, 11) is -0.317. The van der Waals surface area contributed by atoms with Gasteiger partial charge < -0.3 is 14.4 Å². The summed E-state index contributed by atoms with van der Waals surface area (Å²) in [6.07, 6.45) is 3.16. The van der Waals surface area contributed by atoms with Gasteiger partial charge in [0.25, 0.3) is 10.0 Å². The minimum Gasteiger partial charge on any atom is -0.497 e. The van der Waals surface area contributed by atoms with E-state index >= 15 is 0 Å². The number of likely N-dealkylation sites (tertiary alicyclic amines) is 1. The first-order chi connectivity index (χ1) is 15.0. The van der Waals surface area contributed by atoms with Crippen molar-refractivity contribution in [2.24, 2.45) is 5.92 Å². The molecule has 31 heavy (non-hydrogen) atoms. The van der Waals surface area contributed by atoms with E-state index in [4.69, 9.17) is 9.47 Å². The number of hydrogen-bond donors (Lipinski definition) is 0. The number of hydrogen-bond acceptors (Lipinski definition) is 6. The molecule has 2 aliphatic heterocycles. The lowest BCUT2D eigenvalue weighted by Gasteiger charge is -2.35. The third-order valence-electron chi connectivity index (χ3n) is 6.16. The van der Waals surface area contributed by atoms with E-state index in [1.54, 1.807) is 31.7 Å². The molecule has 0 bridgehead atoms. The number of carbonyl (C=O) groups excluding carboxylic acids is 1. The second kappa shape index (κ2) is 9.18. The number of methoxy groups -OCH3 is 2. The molecule has 9 heteroatoms. The molecule has 0 saturated carbocycles. The van der Waals surface area contributed by atoms with Gasteiger partial charge in [0.1, 0.15) is 15.7 Å². The van der Waals surface area contributed by atoms with E-state index in [2.05, 4.69) is 0 Å². The van der Waals surface area contributed by atoms with E-state index in [9.17, 15) is 13.2 Å². The maximum absolute atomic E-state index is 13.5. The Balaban J connectivity index is 1.53. The number of thiophene rings is 1. The van der Waals surface area contributed by atoms with Crippen molar-refractivity contribution in [2.75, 3.05) is 33.9 Å². The lowest BCUT2D eigenvalue weighted by molar-refractivity contribution is -0.137. The van der Waals surface area contributed by atoms with Gasteiger partial charge in [0.05, 0.1) is 26.2 Å². The largest absolute Gasteiger partial charge is 0.497 e. The Morgan fingerprint density at radius 3 is 2.61 bits per heavy atom. The van der Waals surface area contributed by atoms with E-state index in [0.717, 1.165) is 18.4 Å². The molecular formula is C22H28N2O5S2. The van der Waals surface area contributed by atoms with Crippen LogP contribution < -0.4 is 9.47 Å². The van der Waals surface area contributed by atoms with Crippen LogP contribution in [0.4, 0.5) is 0 Å². The van der Waals surface area contributed by atoms with Gasteiger partial charge in [0.2, 0.25) is 5.91 Å². The fourth-order valence-electron chi connectivity index (χ4n) is 4.58. The lowest BCUT2D eigenvalue weighted by atomic mass is 9.96. The van der Waals surface area contributed by atoms with Gasteiger partial charge in [-0.25, -0.2) is 8.42 Å². The molecule has 0 spiro atoms. The van der Waals surface area contributed by atoms with Crippen LogP contribution in [0.1, 0.15) is 37.3 Å². The van der Waals surface area contributed by atoms with Crippen LogP contribution in [0.25, 0.3) is 0 Å². The standard InChI is InChI=1S/C22H28N2O5S2/c1-28-17-9-10-18(20(14-17)29-2)19-7-4-12-24(19)22(25)16-6-3-11-23(15-16)31(26,27)21-8-5-13-30-21/h5,8-10,13-14,16,19H,3-4,6-7,11-12,15H2,1-2H3/t16-,19+/m1/s1. The summed E-state index contributed by atoms with van der Waals surface area (Å²) in [5, 5.41) is 1.76. The van der Waals surface area contributed by atoms with E-state index < -0.39 is 10.0 Å². The average molecular weight is 465 g/mol. The van der Waals surface area contributed by atoms with Gasteiger partial charge in [-0.3, -0.25) is 4.79 Å². The van der Waals surface area contributed by atoms with Crippen molar-refractivity contribution in [1.82, 2.24) is 9.21 Å². The van der Waals surface area contributed by atoms with Crippen LogP contribution in [0.15, 0.2) is 39.9 Å². The average Bonchev–Trinajstić information content (AvgIpc) is 3.51. The number of nitrogens with zero attached hydrogens (tertiary/aromatic N) is 2. The molecule has 1 amide bonds. The first kappa shape index (κ1) is 22.1. The fourth-order valence-corrected chi connectivity index (χ4v) is 7.25. The highest BCUT2D eigenvalue weighted by atomic mass is 32.2. The molecule has 2 saturated heterocycles. The maximum atomic E-state index is 13.5. The summed E-state index contributed by atoms with van der Waals surface area (Å²) >= 11 is 1.21. The Labute approximate surface area is 187 Å². The van der Waals surface area contributed by atoms with Gasteiger partial charge in [-0.05, 0) is 49.3 Å². The zero-order valence-electron chi connectivity index (χ0n) is 17.8. The molecule has 2 aromatic rings. The zero-order chi connectivity index (χ0) is 22.0. The maximum Gasteiger partial charge on any atom is 0.252 e. The first-order valence-corrected chi connectivity index (χ1v) is 12.8. The number of sulfonamides is 1. The topological polar surface area (TPSA) is 76.2 Å². The van der Waals surface area contributed by atoms with Gasteiger partial charge in [-0.1, -0.05) is 6.07 Å². The monoisotopic (exact) mass is 464 g/mol. The summed E-state index contributed by atoms with van der Waals surface area (Å²) < 4.78 is 38.6. The Kier molecular flexibility index (Phi) is 6.55. The summed E-state index contributed by atoms with van der Waals surface area (Å²) in [6.45, 7) is 1.37. The summed E-state index contributed by atoms with van der Waals surface area (Å²) in [6, 6.07) is 8.97. The SMILES string of the molecule is COc1ccc([C@@H]2CCCN2C(=O)[C@@H]2CCCN(S(=O)(=O)c3cccs3)C2)c(OC)c1. The third kappa shape index (κ3) is 4.31. The molecule has 168 valence electrons. The van der Waals surface area contributed by atoms with Crippen LogP contribution >= 0.6 is 11.3 Å². The van der Waals surface area contributed by atoms with Crippen molar-refractivity contribution in [3.63, 3.8) is 0 Å². The lowest BCUT2D eigenvalue weighted by Crippen LogP contribution is -2.46. The van der Waals surface area contributed by atoms with Crippen molar-refractivity contribution in [3.05, 3.63) is 41.3 Å². The fraction of sp³-hybridized carbons (Fsp3) is 0.500. The third-order valence-corrected chi connectivity index (χ3v) is 9.40. The molecule has 0 N–H and O–H groups in total. The normalized spacial score (nSPS) is 22.5. The minimum atomic E-state index is -3.55. The Morgan fingerprint density at radius 1 is 1.10 bits per heavy atom. The molecule has 2 atom stereocenters. The van der Waals surface area contributed by atoms with Gasteiger partial charge >= 0.3 is 0 Å². The summed E-state index contributed by atoms with van der Waals surface area (Å²) in [4.78, 5) is 15.4. The number of piperidine rings is 1. The molecule has 0 radical (unpaired) electrons. The summed E-state index contributed by atoms with van der Waals surface area (Å²) in [5.41, 5.74) is 0.966. The van der Waals surface area contributed by atoms with E-state index in [0.29, 0.717) is 41.6 Å². The van der Waals surface area contributed by atoms with E-state index in [1.165, 1.54) is 15.6 Å². The Morgan fingerprint density at radius 2 is 1.90 bits per heavy atom. The molecule has 7 nitrogen and oxygen atoms in total. The molecule has 1 aromatic carbocycles. The second-order valence-corrected chi connectivity index (χ2v) is 11.0. The first-order valence-electron chi connectivity index (χ1n) is 10.5. The quantitative estimate of drug-likeness (QED) is 0.654. The smallest absolute Gasteiger partial charge is 0.252 e. The highest BCUT2D eigenvalue weighted by molar-refractivity contribution is 7.91.